The van der Waals surface area contributed by atoms with Crippen molar-refractivity contribution in [1.29, 1.82) is 0 Å². The maximum atomic E-state index is 13.2. The standard InChI is InChI=1S/C38H37N3O2/c1-23-12-10-13-27(20-23)18-19-30-32(31-17-11-16-29-25(3)22-39-35(29)31)21-24(2)34-33(30)26(4)36(38(5,6)41-34)43-37(42)40-28-14-8-7-9-15-28/h7-17,20-22,26,36,39,41H,1-6H3,(H,40,42). The molecule has 1 aliphatic rings. The average Bonchev–Trinajstić information content (AvgIpc) is 3.36. The van der Waals surface area contributed by atoms with Crippen LogP contribution in [0.5, 0.6) is 0 Å². The fourth-order valence-electron chi connectivity index (χ4n) is 6.39. The van der Waals surface area contributed by atoms with Crippen molar-refractivity contribution < 1.29 is 9.53 Å². The number of aromatic amines is 1. The minimum atomic E-state index is -0.523. The van der Waals surface area contributed by atoms with Gasteiger partial charge >= 0.3 is 6.09 Å². The molecule has 216 valence electrons. The Morgan fingerprint density at radius 3 is 2.42 bits per heavy atom. The fraction of sp³-hybridized carbons (Fsp3) is 0.237. The minimum absolute atomic E-state index is 0.141. The maximum Gasteiger partial charge on any atom is 0.411 e. The second-order valence-electron chi connectivity index (χ2n) is 12.2. The summed E-state index contributed by atoms with van der Waals surface area (Å²) in [6.45, 7) is 12.6. The van der Waals surface area contributed by atoms with E-state index in [1.54, 1.807) is 0 Å². The topological polar surface area (TPSA) is 66.2 Å². The lowest BCUT2D eigenvalue weighted by Gasteiger charge is -2.45. The summed E-state index contributed by atoms with van der Waals surface area (Å²) in [5.74, 6) is 6.91. The number of para-hydroxylation sites is 2. The second-order valence-corrected chi connectivity index (χ2v) is 12.2. The second kappa shape index (κ2) is 11.0. The maximum absolute atomic E-state index is 13.2. The van der Waals surface area contributed by atoms with E-state index in [-0.39, 0.29) is 5.92 Å². The molecule has 5 aromatic rings. The number of carbonyl (C=O) groups is 1. The van der Waals surface area contributed by atoms with Gasteiger partial charge in [0.25, 0.3) is 0 Å². The van der Waals surface area contributed by atoms with Crippen LogP contribution >= 0.6 is 0 Å². The molecule has 2 heterocycles. The van der Waals surface area contributed by atoms with Crippen LogP contribution in [0.3, 0.4) is 0 Å². The first-order chi connectivity index (χ1) is 20.6. The molecule has 6 rings (SSSR count). The first kappa shape index (κ1) is 28.2. The third kappa shape index (κ3) is 5.37. The number of hydrogen-bond acceptors (Lipinski definition) is 3. The number of benzene rings is 4. The highest BCUT2D eigenvalue weighted by Gasteiger charge is 2.44. The SMILES string of the molecule is Cc1cccc(C#Cc2c(-c3cccc4c(C)c[nH]c34)cc(C)c3c2C(C)C(OC(=O)Nc2ccccc2)C(C)(C)N3)c1. The summed E-state index contributed by atoms with van der Waals surface area (Å²) in [5.41, 5.74) is 10.9. The van der Waals surface area contributed by atoms with E-state index in [0.717, 1.165) is 44.6 Å². The lowest BCUT2D eigenvalue weighted by atomic mass is 9.74. The summed E-state index contributed by atoms with van der Waals surface area (Å²) in [6.07, 6.45) is 1.12. The monoisotopic (exact) mass is 567 g/mol. The highest BCUT2D eigenvalue weighted by atomic mass is 16.6. The van der Waals surface area contributed by atoms with Gasteiger partial charge in [0, 0.05) is 51.1 Å². The molecule has 2 atom stereocenters. The smallest absolute Gasteiger partial charge is 0.411 e. The Morgan fingerprint density at radius 2 is 1.65 bits per heavy atom. The molecule has 0 bridgehead atoms. The number of fused-ring (bicyclic) bond motifs is 2. The van der Waals surface area contributed by atoms with Gasteiger partial charge in [-0.3, -0.25) is 5.32 Å². The summed E-state index contributed by atoms with van der Waals surface area (Å²) in [6, 6.07) is 26.3. The number of rotatable bonds is 3. The number of aromatic nitrogens is 1. The third-order valence-electron chi connectivity index (χ3n) is 8.45. The Labute approximate surface area is 253 Å². The predicted octanol–water partition coefficient (Wildman–Crippen LogP) is 9.08. The Bertz CT molecular complexity index is 1910. The number of carbonyl (C=O) groups excluding carboxylic acids is 1. The molecule has 5 nitrogen and oxygen atoms in total. The summed E-state index contributed by atoms with van der Waals surface area (Å²) in [7, 11) is 0. The van der Waals surface area contributed by atoms with Gasteiger partial charge < -0.3 is 15.0 Å². The van der Waals surface area contributed by atoms with E-state index < -0.39 is 17.7 Å². The van der Waals surface area contributed by atoms with Crippen LogP contribution in [0.25, 0.3) is 22.0 Å². The van der Waals surface area contributed by atoms with Crippen molar-refractivity contribution in [2.75, 3.05) is 10.6 Å². The normalized spacial score (nSPS) is 16.9. The van der Waals surface area contributed by atoms with E-state index in [1.165, 1.54) is 16.5 Å². The van der Waals surface area contributed by atoms with Crippen molar-refractivity contribution >= 4 is 28.4 Å². The first-order valence-corrected chi connectivity index (χ1v) is 14.8. The highest BCUT2D eigenvalue weighted by molar-refractivity contribution is 5.98. The number of ether oxygens (including phenoxy) is 1. The van der Waals surface area contributed by atoms with E-state index >= 15 is 0 Å². The number of amides is 1. The Hall–Kier alpha value is -4.95. The molecule has 4 aromatic carbocycles. The predicted molar refractivity (Wildman–Crippen MR) is 177 cm³/mol. The van der Waals surface area contributed by atoms with Crippen LogP contribution in [0.15, 0.2) is 85.1 Å². The molecular weight excluding hydrogens is 530 g/mol. The van der Waals surface area contributed by atoms with E-state index in [9.17, 15) is 4.79 Å². The number of aryl methyl sites for hydroxylation is 3. The van der Waals surface area contributed by atoms with Gasteiger partial charge in [-0.15, -0.1) is 0 Å². The van der Waals surface area contributed by atoms with Gasteiger partial charge in [-0.1, -0.05) is 67.3 Å². The Balaban J connectivity index is 1.52. The van der Waals surface area contributed by atoms with Crippen molar-refractivity contribution in [2.24, 2.45) is 0 Å². The molecule has 1 amide bonds. The van der Waals surface area contributed by atoms with E-state index in [0.29, 0.717) is 5.69 Å². The zero-order chi connectivity index (χ0) is 30.3. The average molecular weight is 568 g/mol. The molecule has 1 aromatic heterocycles. The van der Waals surface area contributed by atoms with Crippen molar-refractivity contribution in [3.8, 4) is 23.0 Å². The summed E-state index contributed by atoms with van der Waals surface area (Å²) in [4.78, 5) is 16.7. The lowest BCUT2D eigenvalue weighted by Crippen LogP contribution is -2.52. The Kier molecular flexibility index (Phi) is 7.23. The molecular formula is C38H37N3O2. The zero-order valence-electron chi connectivity index (χ0n) is 25.6. The first-order valence-electron chi connectivity index (χ1n) is 14.8. The molecule has 0 radical (unpaired) electrons. The van der Waals surface area contributed by atoms with E-state index in [4.69, 9.17) is 4.74 Å². The Morgan fingerprint density at radius 1 is 0.884 bits per heavy atom. The van der Waals surface area contributed by atoms with Crippen molar-refractivity contribution in [2.45, 2.75) is 59.1 Å². The molecule has 0 spiro atoms. The quantitative estimate of drug-likeness (QED) is 0.191. The number of nitrogens with one attached hydrogen (secondary N) is 3. The van der Waals surface area contributed by atoms with Gasteiger partial charge in [-0.2, -0.15) is 0 Å². The van der Waals surface area contributed by atoms with Gasteiger partial charge in [-0.05, 0) is 87.2 Å². The van der Waals surface area contributed by atoms with Crippen LogP contribution in [0.4, 0.5) is 16.2 Å². The van der Waals surface area contributed by atoms with Crippen LogP contribution in [0, 0.1) is 32.6 Å². The molecule has 2 unspecified atom stereocenters. The summed E-state index contributed by atoms with van der Waals surface area (Å²) >= 11 is 0. The van der Waals surface area contributed by atoms with Crippen LogP contribution in [0.1, 0.15) is 60.1 Å². The van der Waals surface area contributed by atoms with Gasteiger partial charge in [0.2, 0.25) is 0 Å². The van der Waals surface area contributed by atoms with Gasteiger partial charge in [0.1, 0.15) is 6.10 Å². The molecule has 0 saturated carbocycles. The van der Waals surface area contributed by atoms with Crippen LogP contribution in [0.2, 0.25) is 0 Å². The van der Waals surface area contributed by atoms with Crippen molar-refractivity contribution in [1.82, 2.24) is 4.98 Å². The number of hydrogen-bond donors (Lipinski definition) is 3. The van der Waals surface area contributed by atoms with Gasteiger partial charge in [0.05, 0.1) is 11.1 Å². The fourth-order valence-corrected chi connectivity index (χ4v) is 6.39. The molecule has 0 aliphatic carbocycles. The van der Waals surface area contributed by atoms with E-state index in [2.05, 4.69) is 112 Å². The highest BCUT2D eigenvalue weighted by Crippen LogP contribution is 2.47. The molecule has 43 heavy (non-hydrogen) atoms. The molecule has 0 saturated heterocycles. The van der Waals surface area contributed by atoms with Gasteiger partial charge in [0.15, 0.2) is 0 Å². The van der Waals surface area contributed by atoms with Crippen LogP contribution < -0.4 is 10.6 Å². The minimum Gasteiger partial charge on any atom is -0.443 e. The van der Waals surface area contributed by atoms with Crippen molar-refractivity contribution in [3.05, 3.63) is 118 Å². The number of H-pyrrole nitrogens is 1. The largest absolute Gasteiger partial charge is 0.443 e. The summed E-state index contributed by atoms with van der Waals surface area (Å²) < 4.78 is 6.21. The molecule has 0 fully saturated rings. The van der Waals surface area contributed by atoms with Crippen LogP contribution in [-0.2, 0) is 4.74 Å². The molecule has 5 heteroatoms. The molecule has 1 aliphatic heterocycles. The van der Waals surface area contributed by atoms with Crippen LogP contribution in [-0.4, -0.2) is 22.7 Å². The van der Waals surface area contributed by atoms with Gasteiger partial charge in [-0.25, -0.2) is 4.79 Å². The zero-order valence-corrected chi connectivity index (χ0v) is 25.6. The van der Waals surface area contributed by atoms with E-state index in [1.807, 2.05) is 42.5 Å². The van der Waals surface area contributed by atoms with Crippen molar-refractivity contribution in [3.63, 3.8) is 0 Å². The summed E-state index contributed by atoms with van der Waals surface area (Å²) in [5, 5.41) is 7.82. The molecule has 3 N–H and O–H groups in total. The number of anilines is 2. The third-order valence-corrected chi connectivity index (χ3v) is 8.45. The lowest BCUT2D eigenvalue weighted by molar-refractivity contribution is 0.0569.